The van der Waals surface area contributed by atoms with Gasteiger partial charge in [0.1, 0.15) is 11.9 Å². The highest BCUT2D eigenvalue weighted by Crippen LogP contribution is 2.26. The molecule has 1 unspecified atom stereocenters. The number of unbranched alkanes of at least 4 members (excludes halogenated alkanes) is 1. The second-order valence-corrected chi connectivity index (χ2v) is 5.05. The lowest BCUT2D eigenvalue weighted by molar-refractivity contribution is 0.616. The SMILES string of the molecule is CCCCC(Nc1ccccc1C#N)c1ccc(F)cc1. The van der Waals surface area contributed by atoms with Gasteiger partial charge >= 0.3 is 0 Å². The average molecular weight is 282 g/mol. The van der Waals surface area contributed by atoms with E-state index in [4.69, 9.17) is 0 Å². The van der Waals surface area contributed by atoms with Gasteiger partial charge in [0, 0.05) is 0 Å². The highest BCUT2D eigenvalue weighted by molar-refractivity contribution is 5.58. The van der Waals surface area contributed by atoms with Crippen LogP contribution < -0.4 is 5.32 Å². The summed E-state index contributed by atoms with van der Waals surface area (Å²) in [5.74, 6) is -0.231. The van der Waals surface area contributed by atoms with E-state index in [1.54, 1.807) is 18.2 Å². The van der Waals surface area contributed by atoms with Crippen LogP contribution in [0.1, 0.15) is 43.4 Å². The molecule has 0 amide bonds. The van der Waals surface area contributed by atoms with Crippen molar-refractivity contribution in [2.45, 2.75) is 32.2 Å². The Bertz CT molecular complexity index is 614. The van der Waals surface area contributed by atoms with Gasteiger partial charge in [0.15, 0.2) is 0 Å². The van der Waals surface area contributed by atoms with Gasteiger partial charge in [-0.3, -0.25) is 0 Å². The Kier molecular flexibility index (Phi) is 5.34. The van der Waals surface area contributed by atoms with Gasteiger partial charge in [0.25, 0.3) is 0 Å². The molecule has 108 valence electrons. The van der Waals surface area contributed by atoms with Gasteiger partial charge in [0.2, 0.25) is 0 Å². The molecule has 2 aromatic carbocycles. The molecule has 0 aliphatic heterocycles. The molecule has 2 rings (SSSR count). The van der Waals surface area contributed by atoms with Gasteiger partial charge < -0.3 is 5.32 Å². The maximum atomic E-state index is 13.1. The Morgan fingerprint density at radius 1 is 1.14 bits per heavy atom. The van der Waals surface area contributed by atoms with E-state index in [9.17, 15) is 9.65 Å². The van der Waals surface area contributed by atoms with Crippen LogP contribution in [-0.4, -0.2) is 0 Å². The molecule has 3 heteroatoms. The molecule has 0 aliphatic carbocycles. The van der Waals surface area contributed by atoms with Crippen molar-refractivity contribution < 1.29 is 4.39 Å². The van der Waals surface area contributed by atoms with Crippen molar-refractivity contribution in [3.63, 3.8) is 0 Å². The average Bonchev–Trinajstić information content (AvgIpc) is 2.52. The van der Waals surface area contributed by atoms with E-state index in [2.05, 4.69) is 18.3 Å². The number of hydrogen-bond acceptors (Lipinski definition) is 2. The maximum absolute atomic E-state index is 13.1. The molecule has 0 aromatic heterocycles. The molecule has 0 spiro atoms. The third-order valence-corrected chi connectivity index (χ3v) is 3.50. The fourth-order valence-corrected chi connectivity index (χ4v) is 2.32. The van der Waals surface area contributed by atoms with Crippen LogP contribution in [0.4, 0.5) is 10.1 Å². The topological polar surface area (TPSA) is 35.8 Å². The highest BCUT2D eigenvalue weighted by Gasteiger charge is 2.12. The van der Waals surface area contributed by atoms with Crippen LogP contribution >= 0.6 is 0 Å². The molecular weight excluding hydrogens is 263 g/mol. The van der Waals surface area contributed by atoms with Crippen LogP contribution in [0.5, 0.6) is 0 Å². The van der Waals surface area contributed by atoms with Gasteiger partial charge in [-0.2, -0.15) is 5.26 Å². The summed E-state index contributed by atoms with van der Waals surface area (Å²) in [4.78, 5) is 0. The molecular formula is C18H19FN2. The molecule has 0 heterocycles. The number of rotatable bonds is 6. The molecule has 0 radical (unpaired) electrons. The normalized spacial score (nSPS) is 11.7. The second-order valence-electron chi connectivity index (χ2n) is 5.05. The van der Waals surface area contributed by atoms with E-state index < -0.39 is 0 Å². The molecule has 2 nitrogen and oxygen atoms in total. The summed E-state index contributed by atoms with van der Waals surface area (Å²) < 4.78 is 13.1. The van der Waals surface area contributed by atoms with Crippen molar-refractivity contribution in [1.82, 2.24) is 0 Å². The molecule has 1 N–H and O–H groups in total. The summed E-state index contributed by atoms with van der Waals surface area (Å²) in [5, 5.41) is 12.6. The monoisotopic (exact) mass is 282 g/mol. The van der Waals surface area contributed by atoms with E-state index in [1.165, 1.54) is 12.1 Å². The van der Waals surface area contributed by atoms with Gasteiger partial charge in [-0.1, -0.05) is 44.0 Å². The zero-order valence-electron chi connectivity index (χ0n) is 12.1. The van der Waals surface area contributed by atoms with Gasteiger partial charge in [-0.25, -0.2) is 4.39 Å². The van der Waals surface area contributed by atoms with Crippen molar-refractivity contribution in [3.8, 4) is 6.07 Å². The van der Waals surface area contributed by atoms with Crippen molar-refractivity contribution >= 4 is 5.69 Å². The first-order chi connectivity index (χ1) is 10.2. The lowest BCUT2D eigenvalue weighted by atomic mass is 10.00. The summed E-state index contributed by atoms with van der Waals surface area (Å²) in [7, 11) is 0. The minimum absolute atomic E-state index is 0.0834. The van der Waals surface area contributed by atoms with E-state index in [-0.39, 0.29) is 11.9 Å². The lowest BCUT2D eigenvalue weighted by Gasteiger charge is -2.21. The molecule has 21 heavy (non-hydrogen) atoms. The number of anilines is 1. The summed E-state index contributed by atoms with van der Waals surface area (Å²) in [6.07, 6.45) is 3.12. The smallest absolute Gasteiger partial charge is 0.123 e. The Hall–Kier alpha value is -2.34. The molecule has 0 fully saturated rings. The molecule has 0 bridgehead atoms. The molecule has 2 aromatic rings. The fraction of sp³-hybridized carbons (Fsp3) is 0.278. The van der Waals surface area contributed by atoms with Crippen molar-refractivity contribution in [2.75, 3.05) is 5.32 Å². The Labute approximate surface area is 125 Å². The van der Waals surface area contributed by atoms with Crippen LogP contribution in [0.25, 0.3) is 0 Å². The minimum Gasteiger partial charge on any atom is -0.377 e. The maximum Gasteiger partial charge on any atom is 0.123 e. The first-order valence-electron chi connectivity index (χ1n) is 7.25. The largest absolute Gasteiger partial charge is 0.377 e. The third kappa shape index (κ3) is 4.06. The predicted octanol–water partition coefficient (Wildman–Crippen LogP) is 5.04. The number of halogens is 1. The Morgan fingerprint density at radius 2 is 1.86 bits per heavy atom. The molecule has 1 atom stereocenters. The van der Waals surface area contributed by atoms with Crippen LogP contribution in [-0.2, 0) is 0 Å². The Morgan fingerprint density at radius 3 is 2.52 bits per heavy atom. The lowest BCUT2D eigenvalue weighted by Crippen LogP contribution is -2.11. The molecule has 0 saturated heterocycles. The second kappa shape index (κ2) is 7.44. The van der Waals surface area contributed by atoms with Crippen molar-refractivity contribution in [2.24, 2.45) is 0 Å². The van der Waals surface area contributed by atoms with Crippen LogP contribution in [0, 0.1) is 17.1 Å². The van der Waals surface area contributed by atoms with Gasteiger partial charge in [-0.15, -0.1) is 0 Å². The molecule has 0 aliphatic rings. The first-order valence-corrected chi connectivity index (χ1v) is 7.25. The zero-order valence-corrected chi connectivity index (χ0v) is 12.1. The van der Waals surface area contributed by atoms with E-state index in [0.717, 1.165) is 30.5 Å². The molecule has 0 saturated carbocycles. The van der Waals surface area contributed by atoms with E-state index in [1.807, 2.05) is 18.2 Å². The number of nitriles is 1. The number of nitrogens with one attached hydrogen (secondary N) is 1. The van der Waals surface area contributed by atoms with Gasteiger partial charge in [-0.05, 0) is 36.2 Å². The van der Waals surface area contributed by atoms with Crippen molar-refractivity contribution in [1.29, 1.82) is 5.26 Å². The van der Waals surface area contributed by atoms with Gasteiger partial charge in [0.05, 0.1) is 17.3 Å². The summed E-state index contributed by atoms with van der Waals surface area (Å²) in [6, 6.07) is 16.3. The number of para-hydroxylation sites is 1. The third-order valence-electron chi connectivity index (χ3n) is 3.50. The van der Waals surface area contributed by atoms with E-state index in [0.29, 0.717) is 5.56 Å². The highest BCUT2D eigenvalue weighted by atomic mass is 19.1. The number of nitrogens with zero attached hydrogens (tertiary/aromatic N) is 1. The summed E-state index contributed by atoms with van der Waals surface area (Å²) in [5.41, 5.74) is 2.49. The number of hydrogen-bond donors (Lipinski definition) is 1. The quantitative estimate of drug-likeness (QED) is 0.805. The van der Waals surface area contributed by atoms with Crippen molar-refractivity contribution in [3.05, 3.63) is 65.5 Å². The first kappa shape index (κ1) is 15.1. The summed E-state index contributed by atoms with van der Waals surface area (Å²) >= 11 is 0. The van der Waals surface area contributed by atoms with Crippen LogP contribution in [0.15, 0.2) is 48.5 Å². The minimum atomic E-state index is -0.231. The van der Waals surface area contributed by atoms with E-state index >= 15 is 0 Å². The standard InChI is InChI=1S/C18H19FN2/c1-2-3-7-17(14-9-11-16(19)12-10-14)21-18-8-5-4-6-15(18)13-20/h4-6,8-12,17,21H,2-3,7H2,1H3. The Balaban J connectivity index is 2.24. The number of benzene rings is 2. The predicted molar refractivity (Wildman–Crippen MR) is 83.4 cm³/mol. The van der Waals surface area contributed by atoms with Crippen LogP contribution in [0.3, 0.4) is 0 Å². The fourth-order valence-electron chi connectivity index (χ4n) is 2.32. The van der Waals surface area contributed by atoms with Crippen LogP contribution in [0.2, 0.25) is 0 Å². The summed E-state index contributed by atoms with van der Waals surface area (Å²) in [6.45, 7) is 2.14. The zero-order chi connectivity index (χ0) is 15.1.